The Balaban J connectivity index is 1.75. The fourth-order valence-corrected chi connectivity index (χ4v) is 6.68. The number of piperazine rings is 1. The maximum absolute atomic E-state index is 14.2. The molecule has 9 heteroatoms. The Bertz CT molecular complexity index is 1350. The quantitative estimate of drug-likeness (QED) is 0.297. The zero-order chi connectivity index (χ0) is 30.1. The third-order valence-electron chi connectivity index (χ3n) is 8.35. The van der Waals surface area contributed by atoms with Gasteiger partial charge in [0.2, 0.25) is 5.91 Å². The monoisotopic (exact) mass is 585 g/mol. The van der Waals surface area contributed by atoms with Crippen LogP contribution in [-0.2, 0) is 11.0 Å². The highest BCUT2D eigenvalue weighted by Gasteiger charge is 2.56. The van der Waals surface area contributed by atoms with Gasteiger partial charge in [-0.1, -0.05) is 54.1 Å². The Kier molecular flexibility index (Phi) is 8.73. The fraction of sp³-hybridized carbons (Fsp3) is 0.375. The van der Waals surface area contributed by atoms with Crippen LogP contribution in [0.4, 0.5) is 18.0 Å². The van der Waals surface area contributed by atoms with Crippen LogP contribution in [0.3, 0.4) is 0 Å². The number of carbonyl (C=O) groups is 2. The van der Waals surface area contributed by atoms with Crippen molar-refractivity contribution in [1.82, 2.24) is 14.7 Å². The van der Waals surface area contributed by atoms with E-state index in [4.69, 9.17) is 11.6 Å². The molecular weight excluding hydrogens is 551 g/mol. The van der Waals surface area contributed by atoms with Crippen LogP contribution in [0.1, 0.15) is 53.6 Å². The molecule has 0 aliphatic carbocycles. The molecule has 2 aromatic rings. The molecule has 2 saturated heterocycles. The summed E-state index contributed by atoms with van der Waals surface area (Å²) >= 11 is 6.06. The number of urea groups is 1. The van der Waals surface area contributed by atoms with Crippen molar-refractivity contribution >= 4 is 23.5 Å². The van der Waals surface area contributed by atoms with Crippen LogP contribution >= 0.6 is 11.6 Å². The summed E-state index contributed by atoms with van der Waals surface area (Å²) in [6, 6.07) is 9.02. The lowest BCUT2D eigenvalue weighted by atomic mass is 9.76. The van der Waals surface area contributed by atoms with Crippen LogP contribution in [0, 0.1) is 12.3 Å². The van der Waals surface area contributed by atoms with Crippen LogP contribution in [0.15, 0.2) is 80.4 Å². The van der Waals surface area contributed by atoms with Crippen molar-refractivity contribution < 1.29 is 22.8 Å². The number of rotatable bonds is 8. The summed E-state index contributed by atoms with van der Waals surface area (Å²) in [6.07, 6.45) is 1.86. The molecule has 0 N–H and O–H groups in total. The van der Waals surface area contributed by atoms with Gasteiger partial charge in [-0.25, -0.2) is 4.79 Å². The smallest absolute Gasteiger partial charge is 0.335 e. The summed E-state index contributed by atoms with van der Waals surface area (Å²) in [5, 5.41) is -0.0841. The van der Waals surface area contributed by atoms with Crippen molar-refractivity contribution in [1.29, 1.82) is 0 Å². The van der Waals surface area contributed by atoms with E-state index >= 15 is 0 Å². The number of benzene rings is 2. The number of halogens is 4. The molecule has 2 aromatic carbocycles. The van der Waals surface area contributed by atoms with E-state index in [9.17, 15) is 22.8 Å². The van der Waals surface area contributed by atoms with Gasteiger partial charge in [0.1, 0.15) is 0 Å². The van der Waals surface area contributed by atoms with E-state index in [-0.39, 0.29) is 35.1 Å². The molecule has 5 nitrogen and oxygen atoms in total. The number of fused-ring (bicyclic) bond motifs is 1. The fourth-order valence-electron chi connectivity index (χ4n) is 6.44. The third-order valence-corrected chi connectivity index (χ3v) is 8.57. The first kappa shape index (κ1) is 30.4. The Morgan fingerprint density at radius 1 is 1.15 bits per heavy atom. The molecule has 2 aliphatic rings. The molecule has 3 unspecified atom stereocenters. The zero-order valence-electron chi connectivity index (χ0n) is 23.3. The first-order chi connectivity index (χ1) is 19.4. The summed E-state index contributed by atoms with van der Waals surface area (Å²) in [4.78, 5) is 33.0. The molecule has 3 amide bonds. The molecule has 3 atom stereocenters. The van der Waals surface area contributed by atoms with Crippen molar-refractivity contribution in [2.75, 3.05) is 20.1 Å². The van der Waals surface area contributed by atoms with Crippen molar-refractivity contribution in [3.8, 4) is 0 Å². The molecule has 0 radical (unpaired) electrons. The van der Waals surface area contributed by atoms with Crippen molar-refractivity contribution in [2.24, 2.45) is 5.41 Å². The molecule has 0 saturated carbocycles. The predicted molar refractivity (Wildman–Crippen MR) is 155 cm³/mol. The number of hydrogen-bond donors (Lipinski definition) is 0. The molecule has 0 aromatic heterocycles. The van der Waals surface area contributed by atoms with Gasteiger partial charge in [-0.15, -0.1) is 19.7 Å². The van der Waals surface area contributed by atoms with Crippen LogP contribution in [0.25, 0.3) is 0 Å². The van der Waals surface area contributed by atoms with Crippen molar-refractivity contribution in [3.63, 3.8) is 0 Å². The minimum absolute atomic E-state index is 0.0314. The van der Waals surface area contributed by atoms with Gasteiger partial charge < -0.3 is 14.7 Å². The van der Waals surface area contributed by atoms with Gasteiger partial charge >= 0.3 is 12.2 Å². The number of alkyl halides is 3. The lowest BCUT2D eigenvalue weighted by Gasteiger charge is -2.47. The summed E-state index contributed by atoms with van der Waals surface area (Å²) in [5.74, 6) is 0.0314. The van der Waals surface area contributed by atoms with Gasteiger partial charge in [-0.3, -0.25) is 4.79 Å². The lowest BCUT2D eigenvalue weighted by Crippen LogP contribution is -2.57. The number of hydrogen-bond acceptors (Lipinski definition) is 2. The Morgan fingerprint density at radius 2 is 1.80 bits per heavy atom. The maximum Gasteiger partial charge on any atom is 0.416 e. The number of allylic oxidation sites excluding steroid dienone is 2. The van der Waals surface area contributed by atoms with E-state index < -0.39 is 29.2 Å². The Labute approximate surface area is 244 Å². The van der Waals surface area contributed by atoms with Crippen LogP contribution in [-0.4, -0.2) is 52.8 Å². The predicted octanol–water partition coefficient (Wildman–Crippen LogP) is 7.74. The van der Waals surface area contributed by atoms with E-state index in [0.717, 1.165) is 23.3 Å². The Hall–Kier alpha value is -3.52. The van der Waals surface area contributed by atoms with Crippen LogP contribution < -0.4 is 0 Å². The summed E-state index contributed by atoms with van der Waals surface area (Å²) < 4.78 is 40.7. The largest absolute Gasteiger partial charge is 0.416 e. The summed E-state index contributed by atoms with van der Waals surface area (Å²) in [6.45, 7) is 14.1. The highest BCUT2D eigenvalue weighted by molar-refractivity contribution is 6.30. The number of amides is 3. The second-order valence-electron chi connectivity index (χ2n) is 10.9. The van der Waals surface area contributed by atoms with Gasteiger partial charge in [0.25, 0.3) is 0 Å². The van der Waals surface area contributed by atoms with E-state index in [2.05, 4.69) is 19.7 Å². The molecule has 2 heterocycles. The van der Waals surface area contributed by atoms with Gasteiger partial charge in [0.15, 0.2) is 0 Å². The van der Waals surface area contributed by atoms with E-state index in [1.807, 2.05) is 36.1 Å². The number of aryl methyl sites for hydroxylation is 1. The van der Waals surface area contributed by atoms with E-state index in [1.54, 1.807) is 24.1 Å². The first-order valence-electron chi connectivity index (χ1n) is 13.5. The first-order valence-corrected chi connectivity index (χ1v) is 13.9. The number of carbonyl (C=O) groups excluding carboxylic acids is 2. The normalized spacial score (nSPS) is 20.8. The molecule has 0 bridgehead atoms. The molecule has 218 valence electrons. The second-order valence-corrected chi connectivity index (χ2v) is 11.3. The minimum atomic E-state index is -4.60. The van der Waals surface area contributed by atoms with Gasteiger partial charge in [0, 0.05) is 25.2 Å². The van der Waals surface area contributed by atoms with Crippen LogP contribution in [0.2, 0.25) is 5.02 Å². The SMILES string of the molecule is C=CCC1(CC=C)CC2C(c3ccccc3C)N(C(=O)N(C)C(C=C)c3cc(Cl)cc(C(F)(F)F)c3)CCN2C1=O. The van der Waals surface area contributed by atoms with Gasteiger partial charge in [0.05, 0.1) is 29.1 Å². The summed E-state index contributed by atoms with van der Waals surface area (Å²) in [7, 11) is 1.55. The highest BCUT2D eigenvalue weighted by Crippen LogP contribution is 2.50. The van der Waals surface area contributed by atoms with E-state index in [1.165, 1.54) is 17.0 Å². The van der Waals surface area contributed by atoms with Crippen molar-refractivity contribution in [2.45, 2.75) is 50.5 Å². The van der Waals surface area contributed by atoms with Crippen LogP contribution in [0.5, 0.6) is 0 Å². The third kappa shape index (κ3) is 5.67. The topological polar surface area (TPSA) is 43.9 Å². The molecule has 0 spiro atoms. The van der Waals surface area contributed by atoms with Crippen molar-refractivity contribution in [3.05, 3.63) is 108 Å². The second kappa shape index (κ2) is 11.8. The average Bonchev–Trinajstić information content (AvgIpc) is 3.19. The van der Waals surface area contributed by atoms with Gasteiger partial charge in [-0.2, -0.15) is 13.2 Å². The van der Waals surface area contributed by atoms with Gasteiger partial charge in [-0.05, 0) is 61.1 Å². The molecule has 2 aliphatic heterocycles. The lowest BCUT2D eigenvalue weighted by molar-refractivity contribution is -0.139. The van der Waals surface area contributed by atoms with E-state index in [0.29, 0.717) is 25.8 Å². The average molecular weight is 586 g/mol. The molecule has 2 fully saturated rings. The minimum Gasteiger partial charge on any atom is -0.335 e. The standard InChI is InChI=1S/C32H35ClF3N3O2/c1-6-13-31(14-7-2)20-27-28(25-12-10-9-11-21(25)4)39(16-15-38(27)29(31)40)30(41)37(5)26(8-3)22-17-23(32(34,35)36)19-24(33)18-22/h6-12,17-19,26-28H,1-3,13-16,20H2,4-5H3. The maximum atomic E-state index is 14.2. The molecule has 41 heavy (non-hydrogen) atoms. The Morgan fingerprint density at radius 3 is 2.39 bits per heavy atom. The summed E-state index contributed by atoms with van der Waals surface area (Å²) in [5.41, 5.74) is 0.515. The highest BCUT2D eigenvalue weighted by atomic mass is 35.5. The number of likely N-dealkylation sites (N-methyl/N-ethyl adjacent to an activating group) is 1. The zero-order valence-corrected chi connectivity index (χ0v) is 24.1. The molecular formula is C32H35ClF3N3O2. The molecule has 4 rings (SSSR count). The number of nitrogens with zero attached hydrogens (tertiary/aromatic N) is 3.